The molecule has 0 aromatic heterocycles. The van der Waals surface area contributed by atoms with Crippen molar-refractivity contribution in [2.24, 2.45) is 5.41 Å². The van der Waals surface area contributed by atoms with E-state index in [1.165, 1.54) is 6.07 Å². The molecule has 2 amide bonds. The summed E-state index contributed by atoms with van der Waals surface area (Å²) < 4.78 is 70.2. The van der Waals surface area contributed by atoms with E-state index in [1.54, 1.807) is 48.5 Å². The van der Waals surface area contributed by atoms with Crippen molar-refractivity contribution in [1.29, 1.82) is 0 Å². The average Bonchev–Trinajstić information content (AvgIpc) is 3.03. The molecule has 0 radical (unpaired) electrons. The van der Waals surface area contributed by atoms with Gasteiger partial charge in [0.25, 0.3) is 16.0 Å². The molecule has 50 heavy (non-hydrogen) atoms. The van der Waals surface area contributed by atoms with Crippen LogP contribution in [0, 0.1) is 5.41 Å². The first-order valence-electron chi connectivity index (χ1n) is 15.7. The lowest BCUT2D eigenvalue weighted by atomic mass is 9.81. The topological polar surface area (TPSA) is 113 Å². The van der Waals surface area contributed by atoms with Crippen LogP contribution in [0.5, 0.6) is 0 Å². The van der Waals surface area contributed by atoms with E-state index in [1.807, 2.05) is 37.3 Å². The van der Waals surface area contributed by atoms with Crippen LogP contribution in [0.4, 0.5) is 18.9 Å². The number of carbonyl (C=O) groups excluding carboxylic acids is 2. The fourth-order valence-electron chi connectivity index (χ4n) is 5.23. The van der Waals surface area contributed by atoms with Crippen molar-refractivity contribution in [2.75, 3.05) is 17.6 Å². The van der Waals surface area contributed by atoms with Crippen LogP contribution in [0.3, 0.4) is 0 Å². The van der Waals surface area contributed by atoms with Crippen LogP contribution in [0.2, 0.25) is 5.02 Å². The minimum Gasteiger partial charge on any atom is -0.351 e. The van der Waals surface area contributed by atoms with E-state index in [2.05, 4.69) is 37.5 Å². The summed E-state index contributed by atoms with van der Waals surface area (Å²) in [4.78, 5) is 26.5. The third-order valence-corrected chi connectivity index (χ3v) is 8.99. The van der Waals surface area contributed by atoms with E-state index in [4.69, 9.17) is 16.2 Å². The highest BCUT2D eigenvalue weighted by Crippen LogP contribution is 2.37. The monoisotopic (exact) mass is 726 g/mol. The molecule has 4 aromatic rings. The number of alkyl halides is 3. The number of amides is 2. The Hall–Kier alpha value is -4.45. The van der Waals surface area contributed by atoms with Gasteiger partial charge in [-0.2, -0.15) is 21.6 Å². The number of rotatable bonds is 11. The fourth-order valence-corrected chi connectivity index (χ4v) is 5.88. The van der Waals surface area contributed by atoms with Crippen molar-refractivity contribution in [3.05, 3.63) is 130 Å². The van der Waals surface area contributed by atoms with Gasteiger partial charge >= 0.3 is 6.18 Å². The van der Waals surface area contributed by atoms with E-state index < -0.39 is 39.4 Å². The van der Waals surface area contributed by atoms with Gasteiger partial charge in [-0.25, -0.2) is 0 Å². The number of hydrogen-bond acceptors (Lipinski definition) is 4. The summed E-state index contributed by atoms with van der Waals surface area (Å²) in [6, 6.07) is 24.1. The van der Waals surface area contributed by atoms with Crippen LogP contribution >= 0.6 is 11.6 Å². The summed E-state index contributed by atoms with van der Waals surface area (Å²) in [5.74, 6) is -2.46. The van der Waals surface area contributed by atoms with Crippen molar-refractivity contribution in [3.63, 3.8) is 0 Å². The number of carbonyl (C=O) groups is 2. The molecule has 3 N–H and O–H groups in total. The maximum atomic E-state index is 14.0. The van der Waals surface area contributed by atoms with Gasteiger partial charge in [0.15, 0.2) is 0 Å². The van der Waals surface area contributed by atoms with E-state index in [0.717, 1.165) is 28.8 Å². The molecule has 0 spiro atoms. The van der Waals surface area contributed by atoms with Gasteiger partial charge in [0.05, 0.1) is 17.2 Å². The molecule has 0 aliphatic carbocycles. The minimum atomic E-state index is -4.52. The Morgan fingerprint density at radius 3 is 2.02 bits per heavy atom. The van der Waals surface area contributed by atoms with Crippen LogP contribution in [0.15, 0.2) is 97.1 Å². The first-order chi connectivity index (χ1) is 23.3. The van der Waals surface area contributed by atoms with E-state index in [-0.39, 0.29) is 34.4 Å². The quantitative estimate of drug-likeness (QED) is 0.133. The van der Waals surface area contributed by atoms with Crippen molar-refractivity contribution in [3.8, 4) is 11.1 Å². The third-order valence-electron chi connectivity index (χ3n) is 7.96. The molecular weight excluding hydrogens is 689 g/mol. The van der Waals surface area contributed by atoms with Crippen molar-refractivity contribution in [2.45, 2.75) is 45.7 Å². The molecule has 0 saturated heterocycles. The third kappa shape index (κ3) is 10.8. The molecule has 2 atom stereocenters. The van der Waals surface area contributed by atoms with E-state index in [0.29, 0.717) is 16.8 Å². The lowest BCUT2D eigenvalue weighted by Gasteiger charge is -2.25. The second kappa shape index (κ2) is 15.6. The molecule has 0 bridgehead atoms. The van der Waals surface area contributed by atoms with Crippen LogP contribution < -0.4 is 10.6 Å². The van der Waals surface area contributed by atoms with Crippen LogP contribution in [0.1, 0.15) is 72.1 Å². The maximum absolute atomic E-state index is 14.0. The molecule has 0 aliphatic rings. The van der Waals surface area contributed by atoms with Crippen molar-refractivity contribution >= 4 is 45.3 Å². The molecule has 2 unspecified atom stereocenters. The van der Waals surface area contributed by atoms with E-state index in [9.17, 15) is 31.2 Å². The number of allylic oxidation sites excluding steroid dienone is 1. The predicted molar refractivity (Wildman–Crippen MR) is 192 cm³/mol. The zero-order chi connectivity index (χ0) is 36.9. The zero-order valence-corrected chi connectivity index (χ0v) is 29.5. The number of hydrogen-bond donors (Lipinski definition) is 3. The molecule has 0 fully saturated rings. The van der Waals surface area contributed by atoms with Gasteiger partial charge in [-0.15, -0.1) is 0 Å². The van der Waals surface area contributed by atoms with Gasteiger partial charge in [-0.1, -0.05) is 106 Å². The molecule has 0 heterocycles. The number of nitrogens with one attached hydrogen (secondary N) is 2. The highest BCUT2D eigenvalue weighted by Gasteiger charge is 2.31. The van der Waals surface area contributed by atoms with Crippen LogP contribution in [-0.2, 0) is 21.1 Å². The Balaban J connectivity index is 1.58. The maximum Gasteiger partial charge on any atom is 0.416 e. The average molecular weight is 727 g/mol. The van der Waals surface area contributed by atoms with Crippen molar-refractivity contribution in [1.82, 2.24) is 5.32 Å². The summed E-state index contributed by atoms with van der Waals surface area (Å²) in [5, 5.41) is 5.37. The second-order valence-electron chi connectivity index (χ2n) is 13.1. The molecule has 12 heteroatoms. The summed E-state index contributed by atoms with van der Waals surface area (Å²) in [6.07, 6.45) is -0.401. The van der Waals surface area contributed by atoms with Crippen LogP contribution in [0.25, 0.3) is 17.2 Å². The Labute approximate surface area is 295 Å². The molecule has 4 rings (SSSR count). The molecule has 0 saturated carbocycles. The molecule has 4 aromatic carbocycles. The van der Waals surface area contributed by atoms with Crippen LogP contribution in [-0.4, -0.2) is 37.1 Å². The largest absolute Gasteiger partial charge is 0.416 e. The molecular formula is C38H38ClF3N2O5S. The van der Waals surface area contributed by atoms with Gasteiger partial charge in [0.2, 0.25) is 5.91 Å². The Morgan fingerprint density at radius 2 is 1.48 bits per heavy atom. The van der Waals surface area contributed by atoms with Gasteiger partial charge in [-0.05, 0) is 70.0 Å². The number of halogens is 4. The summed E-state index contributed by atoms with van der Waals surface area (Å²) in [6.45, 7) is 7.93. The van der Waals surface area contributed by atoms with Crippen molar-refractivity contribution < 1.29 is 35.7 Å². The molecule has 264 valence electrons. The summed E-state index contributed by atoms with van der Waals surface area (Å²) in [5.41, 5.74) is 3.38. The Bertz CT molecular complexity index is 1950. The first-order valence-corrected chi connectivity index (χ1v) is 17.7. The van der Waals surface area contributed by atoms with Gasteiger partial charge in [0, 0.05) is 28.4 Å². The Morgan fingerprint density at radius 1 is 0.880 bits per heavy atom. The minimum absolute atomic E-state index is 0.0113. The van der Waals surface area contributed by atoms with Gasteiger partial charge < -0.3 is 10.6 Å². The smallest absolute Gasteiger partial charge is 0.351 e. The highest BCUT2D eigenvalue weighted by molar-refractivity contribution is 7.85. The van der Waals surface area contributed by atoms with E-state index >= 15 is 0 Å². The van der Waals surface area contributed by atoms with Gasteiger partial charge in [-0.3, -0.25) is 14.1 Å². The lowest BCUT2D eigenvalue weighted by molar-refractivity contribution is -0.137. The molecule has 0 aliphatic heterocycles. The zero-order valence-electron chi connectivity index (χ0n) is 27.9. The number of benzene rings is 4. The Kier molecular flexibility index (Phi) is 12.0. The lowest BCUT2D eigenvalue weighted by Crippen LogP contribution is -2.29. The predicted octanol–water partition coefficient (Wildman–Crippen LogP) is 9.23. The first kappa shape index (κ1) is 38.4. The standard InChI is InChI=1S/C38H38ClF3N2O5S/c1-24(26-9-11-29(12-10-26)35(45)43-21-22-50(47,48)49)34(28-7-5-25(6-8-28)19-20-37(2,3)4)36(46)44-31-16-13-27(14-17-31)32-18-15-30(23-33(32)39)38(40,41)42/h5-20,23-24,34H,21-22H2,1-4H3,(H,43,45)(H,44,46)(H,47,48,49)/b20-19+. The summed E-state index contributed by atoms with van der Waals surface area (Å²) >= 11 is 6.19. The summed E-state index contributed by atoms with van der Waals surface area (Å²) in [7, 11) is -4.22. The second-order valence-corrected chi connectivity index (χ2v) is 15.0. The fraction of sp³-hybridized carbons (Fsp3) is 0.263. The highest BCUT2D eigenvalue weighted by atomic mass is 35.5. The number of anilines is 1. The SMILES string of the molecule is CC(c1ccc(C(=O)NCCS(=O)(=O)O)cc1)C(C(=O)Nc1ccc(-c2ccc(C(F)(F)F)cc2Cl)cc1)c1ccc(/C=C/C(C)(C)C)cc1. The van der Waals surface area contributed by atoms with Gasteiger partial charge in [0.1, 0.15) is 0 Å². The normalized spacial score (nSPS) is 13.5. The molecule has 7 nitrogen and oxygen atoms in total.